The Morgan fingerprint density at radius 3 is 2.72 bits per heavy atom. The van der Waals surface area contributed by atoms with Crippen molar-refractivity contribution in [1.82, 2.24) is 15.0 Å². The molecule has 2 aromatic rings. The van der Waals surface area contributed by atoms with Gasteiger partial charge in [0.05, 0.1) is 13.0 Å². The molecule has 7 heteroatoms. The Balaban J connectivity index is 1.51. The lowest BCUT2D eigenvalue weighted by molar-refractivity contribution is -0.143. The first-order valence-corrected chi connectivity index (χ1v) is 11.4. The summed E-state index contributed by atoms with van der Waals surface area (Å²) in [4.78, 5) is 38.8. The van der Waals surface area contributed by atoms with Crippen LogP contribution in [0.15, 0.2) is 36.7 Å². The van der Waals surface area contributed by atoms with Crippen LogP contribution in [0.1, 0.15) is 68.1 Å². The van der Waals surface area contributed by atoms with Crippen LogP contribution in [0.2, 0.25) is 0 Å². The van der Waals surface area contributed by atoms with Crippen molar-refractivity contribution in [3.63, 3.8) is 0 Å². The van der Waals surface area contributed by atoms with Gasteiger partial charge in [0, 0.05) is 37.5 Å². The van der Waals surface area contributed by atoms with E-state index in [1.54, 1.807) is 24.2 Å². The molecule has 1 amide bonds. The molecule has 7 nitrogen and oxygen atoms in total. The number of ether oxygens (including phenoxy) is 1. The van der Waals surface area contributed by atoms with Crippen LogP contribution in [0.25, 0.3) is 0 Å². The first kappa shape index (κ1) is 23.6. The smallest absolute Gasteiger partial charge is 0.306 e. The van der Waals surface area contributed by atoms with Crippen LogP contribution in [0, 0.1) is 6.92 Å². The fourth-order valence-corrected chi connectivity index (χ4v) is 3.85. The lowest BCUT2D eigenvalue weighted by Gasteiger charge is -2.14. The van der Waals surface area contributed by atoms with Crippen LogP contribution in [0.5, 0.6) is 0 Å². The van der Waals surface area contributed by atoms with Crippen LogP contribution in [-0.2, 0) is 27.2 Å². The van der Waals surface area contributed by atoms with Gasteiger partial charge < -0.3 is 4.74 Å². The maximum absolute atomic E-state index is 12.0. The summed E-state index contributed by atoms with van der Waals surface area (Å²) in [7, 11) is 0. The second kappa shape index (κ2) is 11.5. The molecule has 0 N–H and O–H groups in total. The van der Waals surface area contributed by atoms with Crippen LogP contribution in [0.3, 0.4) is 0 Å². The van der Waals surface area contributed by atoms with Gasteiger partial charge in [0.2, 0.25) is 5.91 Å². The van der Waals surface area contributed by atoms with E-state index in [1.807, 2.05) is 13.8 Å². The number of aromatic nitrogens is 3. The number of allylic oxidation sites excluding steroid dienone is 2. The lowest BCUT2D eigenvalue weighted by Crippen LogP contribution is -2.26. The molecule has 0 spiro atoms. The second-order valence-electron chi connectivity index (χ2n) is 8.06. The SMILES string of the molecule is CCOC(=O)CC(C=CCCCCc1ccc2c(n1)N(C(C)=O)CC2)c1cnc(C)nc1. The molecule has 0 aliphatic carbocycles. The van der Waals surface area contributed by atoms with Gasteiger partial charge in [-0.3, -0.25) is 14.5 Å². The maximum Gasteiger partial charge on any atom is 0.306 e. The molecular formula is C25H32N4O3. The van der Waals surface area contributed by atoms with Gasteiger partial charge in [-0.05, 0) is 63.1 Å². The molecule has 0 bridgehead atoms. The zero-order chi connectivity index (χ0) is 22.9. The predicted octanol–water partition coefficient (Wildman–Crippen LogP) is 4.10. The van der Waals surface area contributed by atoms with Crippen molar-refractivity contribution in [2.45, 2.75) is 65.2 Å². The molecule has 3 heterocycles. The summed E-state index contributed by atoms with van der Waals surface area (Å²) < 4.78 is 5.12. The van der Waals surface area contributed by atoms with Crippen molar-refractivity contribution in [3.8, 4) is 0 Å². The van der Waals surface area contributed by atoms with Crippen LogP contribution in [0.4, 0.5) is 5.82 Å². The highest BCUT2D eigenvalue weighted by molar-refractivity contribution is 5.92. The molecule has 1 aliphatic rings. The Morgan fingerprint density at radius 1 is 1.22 bits per heavy atom. The van der Waals surface area contributed by atoms with E-state index in [-0.39, 0.29) is 24.2 Å². The zero-order valence-corrected chi connectivity index (χ0v) is 19.2. The summed E-state index contributed by atoms with van der Waals surface area (Å²) in [6.45, 7) is 6.35. The number of hydrogen-bond acceptors (Lipinski definition) is 6. The van der Waals surface area contributed by atoms with Gasteiger partial charge in [0.25, 0.3) is 0 Å². The number of pyridine rings is 1. The van der Waals surface area contributed by atoms with E-state index in [9.17, 15) is 9.59 Å². The topological polar surface area (TPSA) is 85.3 Å². The third-order valence-electron chi connectivity index (χ3n) is 5.60. The Bertz CT molecular complexity index is 956. The number of esters is 1. The minimum absolute atomic E-state index is 0.0508. The molecule has 1 aliphatic heterocycles. The summed E-state index contributed by atoms with van der Waals surface area (Å²) in [6, 6.07) is 4.18. The van der Waals surface area contributed by atoms with Crippen LogP contribution < -0.4 is 4.90 Å². The molecule has 2 aromatic heterocycles. The molecule has 0 aromatic carbocycles. The average Bonchev–Trinajstić information content (AvgIpc) is 3.19. The third kappa shape index (κ3) is 6.45. The van der Waals surface area contributed by atoms with Crippen LogP contribution in [-0.4, -0.2) is 40.0 Å². The lowest BCUT2D eigenvalue weighted by atomic mass is 9.97. The highest BCUT2D eigenvalue weighted by Gasteiger charge is 2.23. The van der Waals surface area contributed by atoms with E-state index in [4.69, 9.17) is 9.72 Å². The van der Waals surface area contributed by atoms with E-state index >= 15 is 0 Å². The molecule has 0 saturated carbocycles. The molecule has 3 rings (SSSR count). The van der Waals surface area contributed by atoms with Crippen molar-refractivity contribution in [2.24, 2.45) is 0 Å². The summed E-state index contributed by atoms with van der Waals surface area (Å²) in [6.07, 6.45) is 12.7. The number of anilines is 1. The van der Waals surface area contributed by atoms with Gasteiger partial charge in [0.1, 0.15) is 11.6 Å². The fourth-order valence-electron chi connectivity index (χ4n) is 3.85. The number of hydrogen-bond donors (Lipinski definition) is 0. The summed E-state index contributed by atoms with van der Waals surface area (Å²) in [5.74, 6) is 1.28. The van der Waals surface area contributed by atoms with Crippen molar-refractivity contribution in [3.05, 3.63) is 59.3 Å². The van der Waals surface area contributed by atoms with Crippen molar-refractivity contribution < 1.29 is 14.3 Å². The Morgan fingerprint density at radius 2 is 2.00 bits per heavy atom. The number of unbranched alkanes of at least 4 members (excludes halogenated alkanes) is 2. The van der Waals surface area contributed by atoms with Gasteiger partial charge in [-0.2, -0.15) is 0 Å². The fraction of sp³-hybridized carbons (Fsp3) is 0.480. The Labute approximate surface area is 189 Å². The quantitative estimate of drug-likeness (QED) is 0.317. The molecular weight excluding hydrogens is 404 g/mol. The van der Waals surface area contributed by atoms with E-state index in [0.29, 0.717) is 12.4 Å². The number of carbonyl (C=O) groups is 2. The molecule has 1 unspecified atom stereocenters. The Hall–Kier alpha value is -3.09. The van der Waals surface area contributed by atoms with E-state index < -0.39 is 0 Å². The van der Waals surface area contributed by atoms with Gasteiger partial charge in [-0.15, -0.1) is 0 Å². The number of carbonyl (C=O) groups excluding carboxylic acids is 2. The number of nitrogens with zero attached hydrogens (tertiary/aromatic N) is 4. The van der Waals surface area contributed by atoms with E-state index in [2.05, 4.69) is 34.3 Å². The zero-order valence-electron chi connectivity index (χ0n) is 19.2. The summed E-state index contributed by atoms with van der Waals surface area (Å²) in [5.41, 5.74) is 3.09. The number of fused-ring (bicyclic) bond motifs is 1. The molecule has 0 radical (unpaired) electrons. The first-order valence-electron chi connectivity index (χ1n) is 11.4. The summed E-state index contributed by atoms with van der Waals surface area (Å²) >= 11 is 0. The maximum atomic E-state index is 12.0. The first-order chi connectivity index (χ1) is 15.5. The molecule has 32 heavy (non-hydrogen) atoms. The van der Waals surface area contributed by atoms with Gasteiger partial charge in [0.15, 0.2) is 0 Å². The average molecular weight is 437 g/mol. The van der Waals surface area contributed by atoms with Crippen molar-refractivity contribution >= 4 is 17.7 Å². The normalized spacial score (nSPS) is 13.9. The van der Waals surface area contributed by atoms with E-state index in [0.717, 1.165) is 61.3 Å². The molecule has 170 valence electrons. The predicted molar refractivity (Wildman–Crippen MR) is 123 cm³/mol. The molecule has 0 fully saturated rings. The number of aryl methyl sites for hydroxylation is 2. The number of amides is 1. The molecule has 0 saturated heterocycles. The number of rotatable bonds is 10. The monoisotopic (exact) mass is 436 g/mol. The Kier molecular flexibility index (Phi) is 8.48. The van der Waals surface area contributed by atoms with Gasteiger partial charge >= 0.3 is 5.97 Å². The third-order valence-corrected chi connectivity index (χ3v) is 5.60. The second-order valence-corrected chi connectivity index (χ2v) is 8.06. The minimum atomic E-state index is -0.218. The van der Waals surface area contributed by atoms with Crippen molar-refractivity contribution in [1.29, 1.82) is 0 Å². The highest BCUT2D eigenvalue weighted by Crippen LogP contribution is 2.26. The van der Waals surface area contributed by atoms with Crippen molar-refractivity contribution in [2.75, 3.05) is 18.1 Å². The highest BCUT2D eigenvalue weighted by atomic mass is 16.5. The standard InChI is InChI=1S/C25H32N4O3/c1-4-32-24(31)15-21(22-16-26-18(2)27-17-22)9-7-5-6-8-10-23-12-11-20-13-14-29(19(3)30)25(20)28-23/h7,9,11-12,16-17,21H,4-6,8,10,13-15H2,1-3H3. The van der Waals surface area contributed by atoms with Gasteiger partial charge in [-0.25, -0.2) is 15.0 Å². The van der Waals surface area contributed by atoms with Gasteiger partial charge in [-0.1, -0.05) is 18.2 Å². The van der Waals surface area contributed by atoms with Crippen LogP contribution >= 0.6 is 0 Å². The largest absolute Gasteiger partial charge is 0.466 e. The minimum Gasteiger partial charge on any atom is -0.466 e. The molecule has 1 atom stereocenters. The summed E-state index contributed by atoms with van der Waals surface area (Å²) in [5, 5.41) is 0. The van der Waals surface area contributed by atoms with E-state index in [1.165, 1.54) is 0 Å².